The number of hydrogen-bond donors (Lipinski definition) is 2. The van der Waals surface area contributed by atoms with Crippen molar-refractivity contribution < 1.29 is 9.90 Å². The Kier molecular flexibility index (Phi) is 8.34. The number of nitrogens with one attached hydrogen (secondary N) is 1. The van der Waals surface area contributed by atoms with Crippen LogP contribution in [0.4, 0.5) is 0 Å². The second-order valence-electron chi connectivity index (χ2n) is 12.3. The van der Waals surface area contributed by atoms with Crippen LogP contribution in [0.1, 0.15) is 107 Å². The summed E-state index contributed by atoms with van der Waals surface area (Å²) in [5.74, 6) is 0.620. The maximum atomic E-state index is 13.1. The highest BCUT2D eigenvalue weighted by atomic mass is 16.3. The molecule has 3 rings (SSSR count). The monoisotopic (exact) mass is 466 g/mol. The minimum absolute atomic E-state index is 0.0380. The standard InChI is InChI=1S/C30H46N2O2/c1-21-26(28(34)31-14-11-15-33)19-27(32(21)20-22-12-9-8-10-13-22)23-16-24(29(2,3)4)18-25(17-23)30(5,6)7/h16-19,22,33H,8-15,20H2,1-7H3,(H,31,34). The lowest BCUT2D eigenvalue weighted by molar-refractivity contribution is 0.0950. The largest absolute Gasteiger partial charge is 0.396 e. The zero-order chi connectivity index (χ0) is 25.1. The van der Waals surface area contributed by atoms with Crippen LogP contribution in [0.2, 0.25) is 0 Å². The Bertz CT molecular complexity index is 950. The van der Waals surface area contributed by atoms with E-state index in [4.69, 9.17) is 5.11 Å². The first-order valence-corrected chi connectivity index (χ1v) is 13.2. The summed E-state index contributed by atoms with van der Waals surface area (Å²) in [5, 5.41) is 12.1. The molecule has 34 heavy (non-hydrogen) atoms. The van der Waals surface area contributed by atoms with Gasteiger partial charge in [0.25, 0.3) is 5.91 Å². The molecule has 0 radical (unpaired) electrons. The fourth-order valence-electron chi connectivity index (χ4n) is 5.00. The minimum Gasteiger partial charge on any atom is -0.396 e. The molecular weight excluding hydrogens is 420 g/mol. The molecular formula is C30H46N2O2. The average Bonchev–Trinajstić information content (AvgIpc) is 3.09. The van der Waals surface area contributed by atoms with Crippen LogP contribution < -0.4 is 5.32 Å². The highest BCUT2D eigenvalue weighted by Gasteiger charge is 2.25. The van der Waals surface area contributed by atoms with Crippen LogP contribution in [0.25, 0.3) is 11.3 Å². The number of aliphatic hydroxyl groups excluding tert-OH is 1. The lowest BCUT2D eigenvalue weighted by atomic mass is 9.79. The number of benzene rings is 1. The van der Waals surface area contributed by atoms with Gasteiger partial charge in [0, 0.05) is 31.1 Å². The van der Waals surface area contributed by atoms with Crippen LogP contribution in [0.5, 0.6) is 0 Å². The Morgan fingerprint density at radius 3 is 2.09 bits per heavy atom. The summed E-state index contributed by atoms with van der Waals surface area (Å²) in [5.41, 5.74) is 6.87. The van der Waals surface area contributed by atoms with Gasteiger partial charge in [-0.3, -0.25) is 4.79 Å². The molecule has 0 aliphatic heterocycles. The lowest BCUT2D eigenvalue weighted by Gasteiger charge is -2.27. The predicted molar refractivity (Wildman–Crippen MR) is 143 cm³/mol. The fourth-order valence-corrected chi connectivity index (χ4v) is 5.00. The van der Waals surface area contributed by atoms with Gasteiger partial charge in [0.05, 0.1) is 5.56 Å². The fraction of sp³-hybridized carbons (Fsp3) is 0.633. The Balaban J connectivity index is 2.13. The van der Waals surface area contributed by atoms with Crippen molar-refractivity contribution in [1.29, 1.82) is 0 Å². The Morgan fingerprint density at radius 1 is 0.971 bits per heavy atom. The summed E-state index contributed by atoms with van der Waals surface area (Å²) >= 11 is 0. The van der Waals surface area contributed by atoms with Gasteiger partial charge in [-0.15, -0.1) is 0 Å². The number of nitrogens with zero attached hydrogens (tertiary/aromatic N) is 1. The normalized spacial score (nSPS) is 15.5. The summed E-state index contributed by atoms with van der Waals surface area (Å²) in [7, 11) is 0. The highest BCUT2D eigenvalue weighted by molar-refractivity contribution is 5.97. The predicted octanol–water partition coefficient (Wildman–Crippen LogP) is 6.75. The van der Waals surface area contributed by atoms with E-state index in [1.165, 1.54) is 48.8 Å². The number of aromatic nitrogens is 1. The first-order chi connectivity index (χ1) is 15.9. The number of hydrogen-bond acceptors (Lipinski definition) is 2. The smallest absolute Gasteiger partial charge is 0.253 e. The first-order valence-electron chi connectivity index (χ1n) is 13.2. The second kappa shape index (κ2) is 10.7. The average molecular weight is 467 g/mol. The lowest BCUT2D eigenvalue weighted by Crippen LogP contribution is -2.25. The molecule has 2 aromatic rings. The van der Waals surface area contributed by atoms with E-state index in [0.717, 1.165) is 23.5 Å². The van der Waals surface area contributed by atoms with E-state index in [9.17, 15) is 4.79 Å². The van der Waals surface area contributed by atoms with Crippen LogP contribution in [-0.2, 0) is 17.4 Å². The van der Waals surface area contributed by atoms with Crippen LogP contribution in [0, 0.1) is 12.8 Å². The molecule has 1 aliphatic rings. The zero-order valence-corrected chi connectivity index (χ0v) is 22.6. The molecule has 1 aromatic carbocycles. The molecule has 0 atom stereocenters. The van der Waals surface area contributed by atoms with Crippen molar-refractivity contribution in [2.24, 2.45) is 5.92 Å². The third-order valence-electron chi connectivity index (χ3n) is 7.36. The van der Waals surface area contributed by atoms with Crippen LogP contribution >= 0.6 is 0 Å². The summed E-state index contributed by atoms with van der Waals surface area (Å²) in [4.78, 5) is 13.1. The van der Waals surface area contributed by atoms with Gasteiger partial charge in [0.2, 0.25) is 0 Å². The molecule has 188 valence electrons. The van der Waals surface area contributed by atoms with E-state index >= 15 is 0 Å². The third kappa shape index (κ3) is 6.33. The van der Waals surface area contributed by atoms with Crippen molar-refractivity contribution >= 4 is 5.91 Å². The van der Waals surface area contributed by atoms with E-state index in [2.05, 4.69) is 82.6 Å². The molecule has 1 aromatic heterocycles. The first kappa shape index (κ1) is 26.5. The van der Waals surface area contributed by atoms with Crippen LogP contribution in [-0.4, -0.2) is 28.7 Å². The molecule has 4 nitrogen and oxygen atoms in total. The zero-order valence-electron chi connectivity index (χ0n) is 22.6. The van der Waals surface area contributed by atoms with Crippen molar-refractivity contribution in [3.05, 3.63) is 46.6 Å². The highest BCUT2D eigenvalue weighted by Crippen LogP contribution is 2.36. The molecule has 4 heteroatoms. The van der Waals surface area contributed by atoms with Gasteiger partial charge in [-0.2, -0.15) is 0 Å². The second-order valence-corrected chi connectivity index (χ2v) is 12.3. The van der Waals surface area contributed by atoms with E-state index in [0.29, 0.717) is 18.9 Å². The van der Waals surface area contributed by atoms with Crippen molar-refractivity contribution in [3.63, 3.8) is 0 Å². The minimum atomic E-state index is -0.0439. The van der Waals surface area contributed by atoms with Crippen molar-refractivity contribution in [1.82, 2.24) is 9.88 Å². The van der Waals surface area contributed by atoms with Gasteiger partial charge in [0.1, 0.15) is 0 Å². The van der Waals surface area contributed by atoms with E-state index in [1.54, 1.807) is 0 Å². The number of rotatable bonds is 7. The van der Waals surface area contributed by atoms with Gasteiger partial charge in [-0.25, -0.2) is 0 Å². The van der Waals surface area contributed by atoms with E-state index < -0.39 is 0 Å². The van der Waals surface area contributed by atoms with Gasteiger partial charge >= 0.3 is 0 Å². The number of amides is 1. The van der Waals surface area contributed by atoms with E-state index in [1.807, 2.05) is 0 Å². The van der Waals surface area contributed by atoms with Crippen molar-refractivity contribution in [3.8, 4) is 11.3 Å². The molecule has 1 saturated carbocycles. The number of carbonyl (C=O) groups excluding carboxylic acids is 1. The molecule has 0 spiro atoms. The molecule has 0 bridgehead atoms. The number of carbonyl (C=O) groups is 1. The quantitative estimate of drug-likeness (QED) is 0.443. The summed E-state index contributed by atoms with van der Waals surface area (Å²) < 4.78 is 2.41. The van der Waals surface area contributed by atoms with E-state index in [-0.39, 0.29) is 23.3 Å². The third-order valence-corrected chi connectivity index (χ3v) is 7.36. The van der Waals surface area contributed by atoms with Crippen molar-refractivity contribution in [2.45, 2.75) is 104 Å². The van der Waals surface area contributed by atoms with Gasteiger partial charge in [-0.1, -0.05) is 66.9 Å². The van der Waals surface area contributed by atoms with Crippen LogP contribution in [0.3, 0.4) is 0 Å². The molecule has 1 heterocycles. The maximum absolute atomic E-state index is 13.1. The van der Waals surface area contributed by atoms with Gasteiger partial charge in [-0.05, 0) is 77.8 Å². The molecule has 1 fully saturated rings. The molecule has 1 aliphatic carbocycles. The number of aliphatic hydroxyl groups is 1. The Morgan fingerprint density at radius 2 is 1.56 bits per heavy atom. The summed E-state index contributed by atoms with van der Waals surface area (Å²) in [6.07, 6.45) is 7.07. The van der Waals surface area contributed by atoms with Gasteiger partial charge < -0.3 is 15.0 Å². The molecule has 0 saturated heterocycles. The Hall–Kier alpha value is -2.07. The van der Waals surface area contributed by atoms with Crippen LogP contribution in [0.15, 0.2) is 24.3 Å². The van der Waals surface area contributed by atoms with Crippen molar-refractivity contribution in [2.75, 3.05) is 13.2 Å². The summed E-state index contributed by atoms with van der Waals surface area (Å²) in [6, 6.07) is 9.11. The van der Waals surface area contributed by atoms with Gasteiger partial charge in [0.15, 0.2) is 0 Å². The molecule has 1 amide bonds. The molecule has 0 unspecified atom stereocenters. The summed E-state index contributed by atoms with van der Waals surface area (Å²) in [6.45, 7) is 17.2. The maximum Gasteiger partial charge on any atom is 0.253 e. The SMILES string of the molecule is Cc1c(C(=O)NCCCO)cc(-c2cc(C(C)(C)C)cc(C(C)(C)C)c2)n1CC1CCCCC1. The molecule has 2 N–H and O–H groups in total. The topological polar surface area (TPSA) is 54.3 Å². The Labute approximate surface area is 207 Å².